The highest BCUT2D eigenvalue weighted by molar-refractivity contribution is 6.20. The van der Waals surface area contributed by atoms with Crippen molar-refractivity contribution in [3.05, 3.63) is 29.3 Å². The summed E-state index contributed by atoms with van der Waals surface area (Å²) >= 11 is 0. The van der Waals surface area contributed by atoms with Crippen LogP contribution in [0.15, 0.2) is 18.2 Å². The van der Waals surface area contributed by atoms with Crippen LogP contribution in [0.5, 0.6) is 0 Å². The summed E-state index contributed by atoms with van der Waals surface area (Å²) in [6.07, 6.45) is -1.21. The van der Waals surface area contributed by atoms with Crippen molar-refractivity contribution >= 4 is 17.5 Å². The number of hydrogen-bond donors (Lipinski definition) is 3. The van der Waals surface area contributed by atoms with Gasteiger partial charge in [-0.3, -0.25) is 9.59 Å². The van der Waals surface area contributed by atoms with Crippen LogP contribution in [-0.4, -0.2) is 29.6 Å². The third kappa shape index (κ3) is 2.01. The first-order valence-electron chi connectivity index (χ1n) is 5.65. The number of anilines is 1. The molecule has 0 saturated carbocycles. The lowest BCUT2D eigenvalue weighted by atomic mass is 10.1. The van der Waals surface area contributed by atoms with E-state index in [2.05, 4.69) is 0 Å². The number of rotatable bonds is 3. The number of imide groups is 1. The molecule has 1 aliphatic rings. The van der Waals surface area contributed by atoms with Crippen molar-refractivity contribution in [2.75, 3.05) is 11.4 Å². The number of benzene rings is 1. The summed E-state index contributed by atoms with van der Waals surface area (Å²) in [5.74, 6) is -1.03. The van der Waals surface area contributed by atoms with Crippen molar-refractivity contribution in [2.45, 2.75) is 19.1 Å². The molecule has 1 aliphatic heterocycles. The van der Waals surface area contributed by atoms with E-state index in [-0.39, 0.29) is 18.9 Å². The topological polar surface area (TPSA) is 110 Å². The van der Waals surface area contributed by atoms with E-state index >= 15 is 0 Å². The Morgan fingerprint density at radius 2 is 2.17 bits per heavy atom. The molecule has 6 heteroatoms. The van der Waals surface area contributed by atoms with E-state index in [1.807, 2.05) is 0 Å². The predicted octanol–water partition coefficient (Wildman–Crippen LogP) is -1.12. The first-order chi connectivity index (χ1) is 8.58. The predicted molar refractivity (Wildman–Crippen MR) is 65.6 cm³/mol. The van der Waals surface area contributed by atoms with Crippen LogP contribution in [-0.2, 0) is 22.6 Å². The van der Waals surface area contributed by atoms with Gasteiger partial charge in [0.1, 0.15) is 6.10 Å². The van der Waals surface area contributed by atoms with Crippen LogP contribution in [0.1, 0.15) is 11.1 Å². The average Bonchev–Trinajstić information content (AvgIpc) is 2.71. The zero-order valence-corrected chi connectivity index (χ0v) is 9.80. The smallest absolute Gasteiger partial charge is 0.263 e. The van der Waals surface area contributed by atoms with E-state index in [1.54, 1.807) is 18.2 Å². The summed E-state index contributed by atoms with van der Waals surface area (Å²) < 4.78 is 0. The molecular weight excluding hydrogens is 234 g/mol. The fourth-order valence-electron chi connectivity index (χ4n) is 1.99. The van der Waals surface area contributed by atoms with Crippen LogP contribution in [0.2, 0.25) is 0 Å². The Morgan fingerprint density at radius 3 is 2.78 bits per heavy atom. The minimum atomic E-state index is -1.35. The van der Waals surface area contributed by atoms with E-state index in [0.717, 1.165) is 16.0 Å². The summed E-state index contributed by atoms with van der Waals surface area (Å²) in [4.78, 5) is 24.7. The van der Waals surface area contributed by atoms with Gasteiger partial charge in [-0.05, 0) is 17.2 Å². The number of amides is 2. The maximum atomic E-state index is 11.9. The number of carbonyl (C=O) groups is 2. The van der Waals surface area contributed by atoms with Gasteiger partial charge in [-0.15, -0.1) is 0 Å². The molecule has 18 heavy (non-hydrogen) atoms. The lowest BCUT2D eigenvalue weighted by Gasteiger charge is -2.18. The van der Waals surface area contributed by atoms with E-state index in [4.69, 9.17) is 11.5 Å². The molecule has 6 nitrogen and oxygen atoms in total. The number of aliphatic hydroxyl groups excluding tert-OH is 1. The molecule has 2 rings (SSSR count). The van der Waals surface area contributed by atoms with Gasteiger partial charge in [-0.1, -0.05) is 12.1 Å². The van der Waals surface area contributed by atoms with Crippen molar-refractivity contribution in [2.24, 2.45) is 11.5 Å². The van der Waals surface area contributed by atoms with Crippen LogP contribution >= 0.6 is 0 Å². The maximum absolute atomic E-state index is 11.9. The zero-order chi connectivity index (χ0) is 13.3. The van der Waals surface area contributed by atoms with Crippen molar-refractivity contribution in [3.63, 3.8) is 0 Å². The molecule has 5 N–H and O–H groups in total. The highest BCUT2D eigenvalue weighted by Crippen LogP contribution is 2.30. The molecule has 1 aromatic rings. The van der Waals surface area contributed by atoms with Gasteiger partial charge in [0.2, 0.25) is 5.91 Å². The minimum Gasteiger partial charge on any atom is -0.382 e. The van der Waals surface area contributed by atoms with E-state index in [9.17, 15) is 14.7 Å². The van der Waals surface area contributed by atoms with Gasteiger partial charge in [0.25, 0.3) is 5.91 Å². The van der Waals surface area contributed by atoms with Crippen LogP contribution < -0.4 is 16.4 Å². The molecule has 1 atom stereocenters. The monoisotopic (exact) mass is 249 g/mol. The Hall–Kier alpha value is -1.76. The molecule has 0 saturated heterocycles. The number of nitrogens with zero attached hydrogens (tertiary/aromatic N) is 1. The summed E-state index contributed by atoms with van der Waals surface area (Å²) in [7, 11) is 0. The van der Waals surface area contributed by atoms with Crippen molar-refractivity contribution in [3.8, 4) is 0 Å². The first-order valence-corrected chi connectivity index (χ1v) is 5.65. The molecule has 0 aliphatic carbocycles. The summed E-state index contributed by atoms with van der Waals surface area (Å²) in [5.41, 5.74) is 12.9. The van der Waals surface area contributed by atoms with Gasteiger partial charge in [0.15, 0.2) is 0 Å². The number of carbonyl (C=O) groups excluding carboxylic acids is 2. The van der Waals surface area contributed by atoms with Crippen molar-refractivity contribution < 1.29 is 14.7 Å². The van der Waals surface area contributed by atoms with E-state index < -0.39 is 12.0 Å². The van der Waals surface area contributed by atoms with Crippen LogP contribution in [0.3, 0.4) is 0 Å². The Balaban J connectivity index is 2.36. The molecule has 0 spiro atoms. The van der Waals surface area contributed by atoms with Crippen LogP contribution in [0, 0.1) is 0 Å². The summed E-state index contributed by atoms with van der Waals surface area (Å²) in [6, 6.07) is 5.23. The van der Waals surface area contributed by atoms with Crippen LogP contribution in [0.4, 0.5) is 5.69 Å². The van der Waals surface area contributed by atoms with Gasteiger partial charge in [-0.25, -0.2) is 4.90 Å². The van der Waals surface area contributed by atoms with Crippen molar-refractivity contribution in [1.29, 1.82) is 0 Å². The fourth-order valence-corrected chi connectivity index (χ4v) is 1.99. The Morgan fingerprint density at radius 1 is 1.44 bits per heavy atom. The largest absolute Gasteiger partial charge is 0.382 e. The lowest BCUT2D eigenvalue weighted by molar-refractivity contribution is -0.130. The van der Waals surface area contributed by atoms with Gasteiger partial charge in [0.05, 0.1) is 12.1 Å². The maximum Gasteiger partial charge on any atom is 0.263 e. The van der Waals surface area contributed by atoms with Gasteiger partial charge in [0, 0.05) is 13.1 Å². The average molecular weight is 249 g/mol. The lowest BCUT2D eigenvalue weighted by Crippen LogP contribution is -2.44. The molecule has 0 aromatic heterocycles. The Bertz CT molecular complexity index is 501. The zero-order valence-electron chi connectivity index (χ0n) is 9.80. The minimum absolute atomic E-state index is 0.145. The van der Waals surface area contributed by atoms with Gasteiger partial charge in [-0.2, -0.15) is 0 Å². The molecular formula is C12H15N3O3. The Kier molecular flexibility index (Phi) is 3.42. The van der Waals surface area contributed by atoms with Gasteiger partial charge >= 0.3 is 0 Å². The highest BCUT2D eigenvalue weighted by atomic mass is 16.3. The normalized spacial score (nSPS) is 15.7. The fraction of sp³-hybridized carbons (Fsp3) is 0.333. The van der Waals surface area contributed by atoms with Gasteiger partial charge < -0.3 is 16.6 Å². The molecule has 1 unspecified atom stereocenters. The van der Waals surface area contributed by atoms with E-state index in [1.165, 1.54) is 0 Å². The molecule has 0 bridgehead atoms. The number of fused-ring (bicyclic) bond motifs is 1. The number of aliphatic hydroxyl groups is 1. The van der Waals surface area contributed by atoms with Crippen molar-refractivity contribution in [1.82, 2.24) is 0 Å². The van der Waals surface area contributed by atoms with E-state index in [0.29, 0.717) is 12.2 Å². The highest BCUT2D eigenvalue weighted by Gasteiger charge is 2.34. The molecule has 2 amide bonds. The first kappa shape index (κ1) is 12.7. The molecule has 96 valence electrons. The Labute approximate surface area is 104 Å². The third-order valence-electron chi connectivity index (χ3n) is 2.94. The number of nitrogens with two attached hydrogens (primary N) is 2. The quantitative estimate of drug-likeness (QED) is 0.628. The second kappa shape index (κ2) is 4.85. The SMILES string of the molecule is NCc1ccc2c(c1)CC(=O)N2C(=O)C(O)CN. The summed E-state index contributed by atoms with van der Waals surface area (Å²) in [6.45, 7) is 0.166. The molecule has 1 heterocycles. The molecule has 0 fully saturated rings. The summed E-state index contributed by atoms with van der Waals surface area (Å²) in [5, 5.41) is 9.44. The second-order valence-electron chi connectivity index (χ2n) is 4.16. The number of hydrogen-bond acceptors (Lipinski definition) is 5. The standard InChI is InChI=1S/C12H15N3O3/c13-5-7-1-2-9-8(3-7)4-11(17)15(9)12(18)10(16)6-14/h1-3,10,16H,4-6,13-14H2. The third-order valence-corrected chi connectivity index (χ3v) is 2.94. The second-order valence-corrected chi connectivity index (χ2v) is 4.16. The molecule has 1 aromatic carbocycles. The molecule has 0 radical (unpaired) electrons. The van der Waals surface area contributed by atoms with Crippen LogP contribution in [0.25, 0.3) is 0 Å².